The van der Waals surface area contributed by atoms with Gasteiger partial charge in [0.2, 0.25) is 0 Å². The van der Waals surface area contributed by atoms with E-state index in [1.807, 2.05) is 3.28 Å². The molecule has 0 radical (unpaired) electrons. The van der Waals surface area contributed by atoms with Crippen molar-refractivity contribution in [1.29, 1.82) is 0 Å². The fraction of sp³-hybridized carbons (Fsp3) is 0.333. The molecule has 0 saturated heterocycles. The first kappa shape index (κ1) is 23.2. The Hall–Kier alpha value is 0.186. The molecular weight excluding hydrogens is 487 g/mol. The average molecular weight is 517 g/mol. The second-order valence-corrected chi connectivity index (χ2v) is 50.7. The van der Waals surface area contributed by atoms with E-state index >= 15 is 0 Å². The van der Waals surface area contributed by atoms with Crippen molar-refractivity contribution in [1.82, 2.24) is 0 Å². The van der Waals surface area contributed by atoms with E-state index < -0.39 is 15.7 Å². The fourth-order valence-electron chi connectivity index (χ4n) is 4.56. The molecule has 4 heteroatoms. The normalized spacial score (nSPS) is 20.4. The van der Waals surface area contributed by atoms with Gasteiger partial charge in [-0.2, -0.15) is 0 Å². The molecule has 25 heavy (non-hydrogen) atoms. The summed E-state index contributed by atoms with van der Waals surface area (Å²) in [5.41, 5.74) is 5.92. The Labute approximate surface area is 171 Å². The minimum Gasteiger partial charge on any atom is -0.147 e. The Morgan fingerprint density at radius 1 is 1.04 bits per heavy atom. The van der Waals surface area contributed by atoms with Gasteiger partial charge in [-0.05, 0) is 0 Å². The van der Waals surface area contributed by atoms with Gasteiger partial charge in [-0.25, -0.2) is 0 Å². The van der Waals surface area contributed by atoms with Crippen LogP contribution in [0.4, 0.5) is 0 Å². The van der Waals surface area contributed by atoms with Crippen molar-refractivity contribution in [3.63, 3.8) is 0 Å². The second-order valence-electron chi connectivity index (χ2n) is 8.26. The summed E-state index contributed by atoms with van der Waals surface area (Å²) in [4.78, 5) is 0. The first-order valence-electron chi connectivity index (χ1n) is 8.63. The molecule has 2 aliphatic rings. The molecule has 0 aromatic heterocycles. The Morgan fingerprint density at radius 3 is 2.16 bits per heavy atom. The molecule has 0 amide bonds. The van der Waals surface area contributed by atoms with E-state index in [9.17, 15) is 0 Å². The third-order valence-corrected chi connectivity index (χ3v) is 28.4. The van der Waals surface area contributed by atoms with Crippen LogP contribution in [0.1, 0.15) is 32.8 Å². The van der Waals surface area contributed by atoms with E-state index in [4.69, 9.17) is 0 Å². The SMILES string of the molecule is CC1=CC(C)[C]([Zr]([CH3])([CH3])(=[GeH2])[C]2=CC(c3ccccc3)=CC2)=C1C.Cl.Cl. The van der Waals surface area contributed by atoms with Crippen molar-refractivity contribution >= 4 is 42.5 Å². The van der Waals surface area contributed by atoms with Crippen molar-refractivity contribution in [3.05, 3.63) is 71.8 Å². The molecule has 0 fully saturated rings. The monoisotopic (exact) mass is 516 g/mol. The summed E-state index contributed by atoms with van der Waals surface area (Å²) in [6.07, 6.45) is 8.66. The van der Waals surface area contributed by atoms with Crippen molar-refractivity contribution < 1.29 is 15.7 Å². The van der Waals surface area contributed by atoms with E-state index in [-0.39, 0.29) is 24.8 Å². The Bertz CT molecular complexity index is 851. The van der Waals surface area contributed by atoms with Gasteiger partial charge in [0, 0.05) is 0 Å². The maximum atomic E-state index is 2.68. The molecule has 1 unspecified atom stereocenters. The van der Waals surface area contributed by atoms with Crippen LogP contribution in [0.5, 0.6) is 0 Å². The van der Waals surface area contributed by atoms with Crippen LogP contribution >= 0.6 is 24.8 Å². The number of allylic oxidation sites excluding steroid dienone is 8. The first-order valence-corrected chi connectivity index (χ1v) is 26.5. The van der Waals surface area contributed by atoms with E-state index in [1.165, 1.54) is 35.3 Å². The minimum absolute atomic E-state index is 0. The summed E-state index contributed by atoms with van der Waals surface area (Å²) in [6, 6.07) is 10.9. The molecule has 0 saturated carbocycles. The summed E-state index contributed by atoms with van der Waals surface area (Å²) in [5, 5.41) is 0. The van der Waals surface area contributed by atoms with Crippen LogP contribution in [0.2, 0.25) is 9.26 Å². The van der Waals surface area contributed by atoms with E-state index in [2.05, 4.69) is 78.6 Å². The van der Waals surface area contributed by atoms with Crippen LogP contribution in [-0.4, -0.2) is 12.1 Å². The van der Waals surface area contributed by atoms with Crippen molar-refractivity contribution in [2.45, 2.75) is 36.5 Å². The maximum absolute atomic E-state index is 2.94. The van der Waals surface area contributed by atoms with Crippen LogP contribution in [0, 0.1) is 5.92 Å². The van der Waals surface area contributed by atoms with Gasteiger partial charge in [0.05, 0.1) is 0 Å². The van der Waals surface area contributed by atoms with Crippen LogP contribution in [0.15, 0.2) is 66.3 Å². The third kappa shape index (κ3) is 4.21. The van der Waals surface area contributed by atoms with E-state index in [0.717, 1.165) is 0 Å². The first-order chi connectivity index (χ1) is 10.7. The molecule has 0 aliphatic heterocycles. The molecule has 136 valence electrons. The van der Waals surface area contributed by atoms with Gasteiger partial charge in [0.15, 0.2) is 0 Å². The summed E-state index contributed by atoms with van der Waals surface area (Å²) in [6.45, 7) is 7.06. The molecular formula is C21H30Cl2GeZr. The Morgan fingerprint density at radius 2 is 1.64 bits per heavy atom. The van der Waals surface area contributed by atoms with Gasteiger partial charge in [0.1, 0.15) is 0 Å². The molecule has 0 heterocycles. The standard InChI is InChI=1S/C11H9.C8H11.2CH3.2ClH.GeH2.Zr/c1-2-6-10(7-3-1)11-8-4-5-9-11;1-6-4-7(2)8(3)5-6;;;;;;/h1-3,6-9H,4H2;4,6H,1-3H3;2*1H3;2*1H;1H2;. The predicted molar refractivity (Wildman–Crippen MR) is 118 cm³/mol. The van der Waals surface area contributed by atoms with Gasteiger partial charge in [-0.15, -0.1) is 24.8 Å². The third-order valence-electron chi connectivity index (χ3n) is 5.82. The number of halogens is 2. The summed E-state index contributed by atoms with van der Waals surface area (Å²) in [5.74, 6) is 0.645. The van der Waals surface area contributed by atoms with Crippen LogP contribution in [-0.2, 0) is 15.7 Å². The minimum atomic E-state index is -2.94. The molecule has 3 rings (SSSR count). The van der Waals surface area contributed by atoms with Crippen molar-refractivity contribution in [2.24, 2.45) is 5.92 Å². The molecule has 0 spiro atoms. The van der Waals surface area contributed by atoms with Crippen molar-refractivity contribution in [3.8, 4) is 0 Å². The van der Waals surface area contributed by atoms with Crippen LogP contribution in [0.25, 0.3) is 5.57 Å². The number of hydrogen-bond donors (Lipinski definition) is 0. The smallest absolute Gasteiger partial charge is 0.147 e. The molecule has 0 N–H and O–H groups in total. The van der Waals surface area contributed by atoms with Crippen LogP contribution in [0.3, 0.4) is 0 Å². The second kappa shape index (κ2) is 8.05. The molecule has 0 nitrogen and oxygen atoms in total. The molecule has 0 bridgehead atoms. The molecule has 1 atom stereocenters. The average Bonchev–Trinajstić information content (AvgIpc) is 3.06. The number of hydrogen-bond acceptors (Lipinski definition) is 0. The zero-order chi connectivity index (χ0) is 16.9. The van der Waals surface area contributed by atoms with E-state index in [0.29, 0.717) is 5.92 Å². The zero-order valence-electron chi connectivity index (χ0n) is 15.9. The molecule has 2 aliphatic carbocycles. The number of benzene rings is 1. The summed E-state index contributed by atoms with van der Waals surface area (Å²) >= 11 is -1.48. The largest absolute Gasteiger partial charge is 0.147 e. The topological polar surface area (TPSA) is 0 Å². The predicted octanol–water partition coefficient (Wildman–Crippen LogP) is 6.41. The molecule has 1 aromatic carbocycles. The van der Waals surface area contributed by atoms with Gasteiger partial charge < -0.3 is 0 Å². The summed E-state index contributed by atoms with van der Waals surface area (Å²) < 4.78 is 8.99. The van der Waals surface area contributed by atoms with Crippen molar-refractivity contribution in [2.75, 3.05) is 0 Å². The Kier molecular flexibility index (Phi) is 7.48. The van der Waals surface area contributed by atoms with Gasteiger partial charge >= 0.3 is 148 Å². The quantitative estimate of drug-likeness (QED) is 0.407. The van der Waals surface area contributed by atoms with Gasteiger partial charge in [0.25, 0.3) is 0 Å². The number of rotatable bonds is 3. The summed E-state index contributed by atoms with van der Waals surface area (Å²) in [7, 11) is 0. The maximum Gasteiger partial charge on any atom is -0.147 e. The van der Waals surface area contributed by atoms with E-state index in [1.54, 1.807) is 8.85 Å². The Balaban J connectivity index is 0.00000156. The van der Waals surface area contributed by atoms with Crippen LogP contribution < -0.4 is 0 Å². The molecule has 1 aromatic rings. The van der Waals surface area contributed by atoms with Gasteiger partial charge in [-0.1, -0.05) is 0 Å². The van der Waals surface area contributed by atoms with Gasteiger partial charge in [-0.3, -0.25) is 0 Å². The fourth-order valence-corrected chi connectivity index (χ4v) is 26.4. The zero-order valence-corrected chi connectivity index (χ0v) is 23.0.